The van der Waals surface area contributed by atoms with E-state index in [0.29, 0.717) is 43.7 Å². The molecule has 0 bridgehead atoms. The van der Waals surface area contributed by atoms with Crippen molar-refractivity contribution >= 4 is 55.8 Å². The predicted molar refractivity (Wildman–Crippen MR) is 258 cm³/mol. The Morgan fingerprint density at radius 1 is 0.687 bits per heavy atom. The van der Waals surface area contributed by atoms with Crippen molar-refractivity contribution in [2.24, 2.45) is 0 Å². The normalized spacial score (nSPS) is 17.2. The number of hydrogen-bond acceptors (Lipinski definition) is 15. The molecule has 6 aromatic rings. The zero-order chi connectivity index (χ0) is 48.0. The van der Waals surface area contributed by atoms with E-state index in [1.165, 1.54) is 26.4 Å². The van der Waals surface area contributed by atoms with E-state index < -0.39 is 42.3 Å². The van der Waals surface area contributed by atoms with Gasteiger partial charge in [-0.1, -0.05) is 86.6 Å². The summed E-state index contributed by atoms with van der Waals surface area (Å²) in [4.78, 5) is 75.9. The molecule has 17 nitrogen and oxygen atoms in total. The lowest BCUT2D eigenvalue weighted by Crippen LogP contribution is -2.58. The van der Waals surface area contributed by atoms with Crippen LogP contribution in [0, 0.1) is 0 Å². The number of para-hydroxylation sites is 2. The molecule has 1 unspecified atom stereocenters. The molecule has 2 saturated heterocycles. The van der Waals surface area contributed by atoms with E-state index in [4.69, 9.17) is 9.47 Å². The summed E-state index contributed by atoms with van der Waals surface area (Å²) in [5, 5.41) is 24.6. The van der Waals surface area contributed by atoms with Crippen LogP contribution in [0.3, 0.4) is 0 Å². The van der Waals surface area contributed by atoms with Crippen LogP contribution < -0.4 is 57.8 Å². The van der Waals surface area contributed by atoms with Gasteiger partial charge in [0.2, 0.25) is 0 Å². The van der Waals surface area contributed by atoms with Crippen LogP contribution in [0.25, 0.3) is 0 Å². The molecule has 2 heterocycles. The van der Waals surface area contributed by atoms with Crippen molar-refractivity contribution in [1.82, 2.24) is 10.2 Å². The van der Waals surface area contributed by atoms with Crippen LogP contribution in [0.5, 0.6) is 11.5 Å². The van der Waals surface area contributed by atoms with E-state index in [9.17, 15) is 42.3 Å². The van der Waals surface area contributed by atoms with E-state index in [-0.39, 0.29) is 82.2 Å². The molecule has 0 radical (unpaired) electrons. The molecule has 1 amide bonds. The SMILES string of the molecule is CC[C@@H](Nc1c(Nc2cccc(C(=O)N3CCS(=O)(=O)C4(CCNC4)C3)c2OC)c(=O)c1=O)c1ccccc1.CC[C@@H](Nc1c(Nc2cccc(C(=O)O)c2OC)c(=O)c1=O)c1ccccc1. The molecule has 350 valence electrons. The number of nitrogens with one attached hydrogen (secondary N) is 5. The van der Waals surface area contributed by atoms with Crippen molar-refractivity contribution in [2.75, 3.05) is 67.4 Å². The summed E-state index contributed by atoms with van der Waals surface area (Å²) in [6.45, 7) is 5.06. The minimum absolute atomic E-state index is 0.0450. The van der Waals surface area contributed by atoms with Crippen LogP contribution in [0.2, 0.25) is 0 Å². The van der Waals surface area contributed by atoms with Gasteiger partial charge in [0.25, 0.3) is 27.6 Å². The highest BCUT2D eigenvalue weighted by Crippen LogP contribution is 2.37. The second-order valence-corrected chi connectivity index (χ2v) is 18.8. The first-order valence-electron chi connectivity index (χ1n) is 21.8. The van der Waals surface area contributed by atoms with Gasteiger partial charge in [-0.25, -0.2) is 13.2 Å². The van der Waals surface area contributed by atoms with Gasteiger partial charge in [-0.3, -0.25) is 24.0 Å². The lowest BCUT2D eigenvalue weighted by molar-refractivity contribution is 0.0691. The largest absolute Gasteiger partial charge is 0.494 e. The molecule has 8 rings (SSSR count). The standard InChI is InChI=1S/C28H32N4O6S.C21H20N2O5/c1-3-20(18-8-5-4-6-9-18)30-22-23(25(34)24(22)33)31-21-11-7-10-19(26(21)38-2)27(35)32-14-15-39(36,37)28(17-32)12-13-29-16-28;1-3-14(12-8-5-4-6-9-12)22-16-17(19(25)18(16)24)23-15-11-7-10-13(21(26)27)20(15)28-2/h4-11,20,29-31H,3,12-17H2,1-2H3;4-11,14,22-23H,3H2,1-2H3,(H,26,27)/t20-,28?;14-/m11/s1. The van der Waals surface area contributed by atoms with Crippen molar-refractivity contribution in [2.45, 2.75) is 49.9 Å². The summed E-state index contributed by atoms with van der Waals surface area (Å²) in [6.07, 6.45) is 1.86. The first-order valence-corrected chi connectivity index (χ1v) is 23.5. The molecular formula is C49H52N6O11S. The number of anilines is 6. The van der Waals surface area contributed by atoms with Crippen molar-refractivity contribution in [3.8, 4) is 11.5 Å². The lowest BCUT2D eigenvalue weighted by atomic mass is 10.0. The average Bonchev–Trinajstić information content (AvgIpc) is 3.84. The number of hydrogen-bond donors (Lipinski definition) is 6. The maximum atomic E-state index is 13.6. The molecular weight excluding hydrogens is 881 g/mol. The molecule has 3 atom stereocenters. The first kappa shape index (κ1) is 47.6. The number of amides is 1. The van der Waals surface area contributed by atoms with Gasteiger partial charge in [0.05, 0.1) is 49.0 Å². The highest BCUT2D eigenvalue weighted by atomic mass is 32.2. The van der Waals surface area contributed by atoms with Crippen LogP contribution in [0.1, 0.15) is 77.0 Å². The monoisotopic (exact) mass is 932 g/mol. The van der Waals surface area contributed by atoms with E-state index in [1.807, 2.05) is 74.5 Å². The summed E-state index contributed by atoms with van der Waals surface area (Å²) in [5.41, 5.74) is 0.879. The minimum atomic E-state index is -3.34. The van der Waals surface area contributed by atoms with Gasteiger partial charge < -0.3 is 46.1 Å². The molecule has 18 heteroatoms. The highest BCUT2D eigenvalue weighted by molar-refractivity contribution is 7.93. The summed E-state index contributed by atoms with van der Waals surface area (Å²) in [7, 11) is -0.575. The maximum Gasteiger partial charge on any atom is 0.339 e. The Labute approximate surface area is 386 Å². The smallest absolute Gasteiger partial charge is 0.339 e. The van der Waals surface area contributed by atoms with E-state index in [2.05, 4.69) is 26.6 Å². The zero-order valence-corrected chi connectivity index (χ0v) is 38.3. The van der Waals surface area contributed by atoms with Crippen molar-refractivity contribution < 1.29 is 32.6 Å². The molecule has 67 heavy (non-hydrogen) atoms. The number of methoxy groups -OCH3 is 2. The summed E-state index contributed by atoms with van der Waals surface area (Å²) >= 11 is 0. The van der Waals surface area contributed by atoms with Gasteiger partial charge in [-0.15, -0.1) is 0 Å². The Bertz CT molecular complexity index is 3030. The third kappa shape index (κ3) is 9.40. The van der Waals surface area contributed by atoms with Crippen molar-refractivity contribution in [3.05, 3.63) is 160 Å². The minimum Gasteiger partial charge on any atom is -0.494 e. The van der Waals surface area contributed by atoms with Crippen LogP contribution in [0.15, 0.2) is 116 Å². The molecule has 2 aliphatic rings. The summed E-state index contributed by atoms with van der Waals surface area (Å²) in [5.74, 6) is -1.30. The fourth-order valence-electron chi connectivity index (χ4n) is 8.61. The number of aromatic carboxylic acids is 1. The number of ether oxygens (including phenoxy) is 2. The first-order chi connectivity index (χ1) is 32.2. The van der Waals surface area contributed by atoms with E-state index in [1.54, 1.807) is 29.2 Å². The number of carboxylic acids is 1. The molecule has 0 saturated carbocycles. The number of sulfone groups is 1. The molecule has 0 aromatic heterocycles. The molecule has 1 spiro atoms. The van der Waals surface area contributed by atoms with Crippen molar-refractivity contribution in [1.29, 1.82) is 0 Å². The second kappa shape index (κ2) is 20.1. The molecule has 6 aromatic carbocycles. The average molecular weight is 933 g/mol. The molecule has 6 N–H and O–H groups in total. The van der Waals surface area contributed by atoms with Crippen LogP contribution in [-0.2, 0) is 9.84 Å². The van der Waals surface area contributed by atoms with E-state index >= 15 is 0 Å². The lowest BCUT2D eigenvalue weighted by Gasteiger charge is -2.39. The number of nitrogens with zero attached hydrogens (tertiary/aromatic N) is 1. The van der Waals surface area contributed by atoms with Crippen LogP contribution in [0.4, 0.5) is 34.1 Å². The summed E-state index contributed by atoms with van der Waals surface area (Å²) < 4.78 is 35.5. The third-order valence-electron chi connectivity index (χ3n) is 12.4. The van der Waals surface area contributed by atoms with Gasteiger partial charge in [0.15, 0.2) is 21.3 Å². The number of carboxylic acid groups (broad SMARTS) is 1. The fourth-order valence-corrected chi connectivity index (χ4v) is 10.6. The molecule has 2 aliphatic heterocycles. The molecule has 2 fully saturated rings. The van der Waals surface area contributed by atoms with E-state index in [0.717, 1.165) is 11.1 Å². The fraction of sp³-hybridized carbons (Fsp3) is 0.306. The maximum absolute atomic E-state index is 13.6. The predicted octanol–water partition coefficient (Wildman–Crippen LogP) is 5.50. The van der Waals surface area contributed by atoms with Gasteiger partial charge in [0.1, 0.15) is 33.1 Å². The summed E-state index contributed by atoms with van der Waals surface area (Å²) in [6, 6.07) is 28.4. The van der Waals surface area contributed by atoms with Crippen LogP contribution in [-0.4, -0.2) is 81.2 Å². The van der Waals surface area contributed by atoms with Crippen LogP contribution >= 0.6 is 0 Å². The Morgan fingerprint density at radius 3 is 1.58 bits per heavy atom. The molecule has 0 aliphatic carbocycles. The Morgan fingerprint density at radius 2 is 1.15 bits per heavy atom. The topological polar surface area (TPSA) is 239 Å². The van der Waals surface area contributed by atoms with Crippen molar-refractivity contribution in [3.63, 3.8) is 0 Å². The Kier molecular flexibility index (Phi) is 14.3. The Hall–Kier alpha value is -7.31. The number of carbonyl (C=O) groups excluding carboxylic acids is 1. The second-order valence-electron chi connectivity index (χ2n) is 16.3. The number of carbonyl (C=O) groups is 2. The number of rotatable bonds is 16. The van der Waals surface area contributed by atoms with Gasteiger partial charge in [-0.2, -0.15) is 0 Å². The number of benzene rings is 4. The highest BCUT2D eigenvalue weighted by Gasteiger charge is 2.51. The quantitative estimate of drug-likeness (QED) is 0.0658. The zero-order valence-electron chi connectivity index (χ0n) is 37.4. The third-order valence-corrected chi connectivity index (χ3v) is 14.9. The van der Waals surface area contributed by atoms with Gasteiger partial charge in [0, 0.05) is 19.6 Å². The Balaban J connectivity index is 0.000000210. The van der Waals surface area contributed by atoms with Gasteiger partial charge >= 0.3 is 5.97 Å². The van der Waals surface area contributed by atoms with Gasteiger partial charge in [-0.05, 0) is 61.2 Å².